The second kappa shape index (κ2) is 15.1. The molecule has 11 heteroatoms. The lowest BCUT2D eigenvalue weighted by Gasteiger charge is -2.43. The molecule has 1 aromatic carbocycles. The van der Waals surface area contributed by atoms with Crippen LogP contribution in [0.5, 0.6) is 5.75 Å². The number of fused-ring (bicyclic) bond motifs is 2. The molecule has 0 saturated heterocycles. The van der Waals surface area contributed by atoms with Crippen LogP contribution in [-0.4, -0.2) is 77.0 Å². The molecule has 1 unspecified atom stereocenters. The summed E-state index contributed by atoms with van der Waals surface area (Å²) in [5.41, 5.74) is 4.85. The first-order chi connectivity index (χ1) is 20.9. The van der Waals surface area contributed by atoms with Crippen molar-refractivity contribution < 1.29 is 29.7 Å². The quantitative estimate of drug-likeness (QED) is 0.114. The third-order valence-corrected chi connectivity index (χ3v) is 9.41. The number of phenols is 1. The van der Waals surface area contributed by atoms with E-state index >= 15 is 0 Å². The summed E-state index contributed by atoms with van der Waals surface area (Å²) in [7, 11) is 3.75. The van der Waals surface area contributed by atoms with E-state index in [-0.39, 0.29) is 36.1 Å². The number of nitroso groups, excluding NO2 is 1. The summed E-state index contributed by atoms with van der Waals surface area (Å²) in [4.78, 5) is 56.4. The fourth-order valence-electron chi connectivity index (χ4n) is 6.91. The Labute approximate surface area is 260 Å². The largest absolute Gasteiger partial charge is 0.507 e. The summed E-state index contributed by atoms with van der Waals surface area (Å²) in [6.45, 7) is 7.27. The van der Waals surface area contributed by atoms with E-state index in [4.69, 9.17) is 5.73 Å². The molecule has 0 heterocycles. The van der Waals surface area contributed by atoms with Crippen molar-refractivity contribution in [3.05, 3.63) is 33.2 Å². The van der Waals surface area contributed by atoms with E-state index in [9.17, 15) is 34.6 Å². The molecule has 2 aliphatic rings. The summed E-state index contributed by atoms with van der Waals surface area (Å²) in [6.07, 6.45) is 6.68. The van der Waals surface area contributed by atoms with Crippen LogP contribution in [0.3, 0.4) is 0 Å². The first kappa shape index (κ1) is 35.2. The molecule has 1 fully saturated rings. The summed E-state index contributed by atoms with van der Waals surface area (Å²) in [5, 5.41) is 36.3. The summed E-state index contributed by atoms with van der Waals surface area (Å²) in [6, 6.07) is 1.93. The zero-order chi connectivity index (χ0) is 32.8. The van der Waals surface area contributed by atoms with Gasteiger partial charge in [-0.05, 0) is 74.8 Å². The number of hydrogen-bond donors (Lipinski definition) is 4. The number of aliphatic hydroxyl groups is 2. The van der Waals surface area contributed by atoms with Crippen LogP contribution in [0.25, 0.3) is 5.76 Å². The third kappa shape index (κ3) is 6.68. The van der Waals surface area contributed by atoms with Gasteiger partial charge in [0.05, 0.1) is 11.5 Å². The van der Waals surface area contributed by atoms with Gasteiger partial charge in [-0.1, -0.05) is 39.5 Å². The molecule has 0 aromatic heterocycles. The average Bonchev–Trinajstić information content (AvgIpc) is 2.98. The number of phenolic OH excluding ortho intramolecular Hbond substituents is 1. The Morgan fingerprint density at radius 3 is 2.23 bits per heavy atom. The van der Waals surface area contributed by atoms with Crippen LogP contribution in [0, 0.1) is 22.7 Å². The zero-order valence-electron chi connectivity index (χ0n) is 26.9. The van der Waals surface area contributed by atoms with Gasteiger partial charge in [-0.3, -0.25) is 19.3 Å². The fourth-order valence-corrected chi connectivity index (χ4v) is 6.91. The molecule has 3 rings (SSSR count). The van der Waals surface area contributed by atoms with Crippen molar-refractivity contribution in [2.75, 3.05) is 38.7 Å². The van der Waals surface area contributed by atoms with Crippen LogP contribution in [0.15, 0.2) is 16.8 Å². The number of amides is 1. The number of anilines is 1. The van der Waals surface area contributed by atoms with Gasteiger partial charge in [0, 0.05) is 50.0 Å². The number of nitrogens with zero attached hydrogens (tertiary/aromatic N) is 3. The highest BCUT2D eigenvalue weighted by Crippen LogP contribution is 2.52. The minimum absolute atomic E-state index is 0.0806. The monoisotopic (exact) mass is 614 g/mol. The summed E-state index contributed by atoms with van der Waals surface area (Å²) < 4.78 is 0. The van der Waals surface area contributed by atoms with Crippen molar-refractivity contribution in [3.8, 4) is 5.75 Å². The van der Waals surface area contributed by atoms with Gasteiger partial charge in [-0.25, -0.2) is 0 Å². The molecule has 0 radical (unpaired) electrons. The number of unbranched alkanes of at least 4 members (excludes halogenated alkanes) is 4. The molecule has 4 atom stereocenters. The lowest BCUT2D eigenvalue weighted by molar-refractivity contribution is -0.142. The number of hydrogen-bond acceptors (Lipinski definition) is 10. The maximum Gasteiger partial charge on any atom is 0.227 e. The van der Waals surface area contributed by atoms with E-state index in [0.717, 1.165) is 57.3 Å². The molecule has 244 valence electrons. The number of nitrogens with two attached hydrogens (primary N) is 1. The van der Waals surface area contributed by atoms with Crippen molar-refractivity contribution in [1.82, 2.24) is 4.90 Å². The van der Waals surface area contributed by atoms with Gasteiger partial charge in [0.2, 0.25) is 17.2 Å². The van der Waals surface area contributed by atoms with Crippen molar-refractivity contribution in [1.29, 1.82) is 0 Å². The Bertz CT molecular complexity index is 1270. The van der Waals surface area contributed by atoms with Crippen LogP contribution in [0.4, 0.5) is 5.69 Å². The molecule has 11 nitrogen and oxygen atoms in total. The standard InChI is InChI=1S/C33H50N4O7/c1-6-8-10-13-37(14-11-9-7-2)19-22-18-25(36(4)5)24-17-21-16-23(12-15-38)33(35-44,30(41)20(3)32(34)43)31(42)26(21)29(40)27(24)28(22)39/h18,20-21,23,38-40H,6-17,19H2,1-5H3,(H2,34,43)/t20?,21-,23-,33-/m1/s1. The molecule has 2 aliphatic carbocycles. The lowest BCUT2D eigenvalue weighted by atomic mass is 9.59. The second-order valence-electron chi connectivity index (χ2n) is 12.6. The molecular formula is C33H50N4O7. The van der Waals surface area contributed by atoms with Gasteiger partial charge in [0.15, 0.2) is 5.78 Å². The molecule has 1 saturated carbocycles. The first-order valence-electron chi connectivity index (χ1n) is 16.0. The van der Waals surface area contributed by atoms with E-state index in [1.54, 1.807) is 0 Å². The number of benzene rings is 1. The molecule has 44 heavy (non-hydrogen) atoms. The lowest BCUT2D eigenvalue weighted by Crippen LogP contribution is -2.59. The van der Waals surface area contributed by atoms with Gasteiger partial charge >= 0.3 is 0 Å². The van der Waals surface area contributed by atoms with Crippen molar-refractivity contribution >= 4 is 28.9 Å². The van der Waals surface area contributed by atoms with Crippen molar-refractivity contribution in [2.24, 2.45) is 28.7 Å². The molecule has 1 aromatic rings. The van der Waals surface area contributed by atoms with Gasteiger partial charge < -0.3 is 26.0 Å². The predicted molar refractivity (Wildman–Crippen MR) is 170 cm³/mol. The number of primary amides is 1. The SMILES string of the molecule is CCCCCN(CCCCC)Cc1cc(N(C)C)c2c(c1O)C(O)=C1C(=O)[C@](N=O)(C(=O)C(C)C(N)=O)[C@H](CCO)C[C@@H]1C2. The van der Waals surface area contributed by atoms with Crippen LogP contribution in [0.1, 0.15) is 88.8 Å². The molecular weight excluding hydrogens is 564 g/mol. The number of aliphatic hydroxyl groups excluding tert-OH is 2. The average molecular weight is 615 g/mol. The maximum absolute atomic E-state index is 14.2. The fraction of sp³-hybridized carbons (Fsp3) is 0.667. The summed E-state index contributed by atoms with van der Waals surface area (Å²) in [5.74, 6) is -6.76. The highest BCUT2D eigenvalue weighted by Gasteiger charge is 2.61. The summed E-state index contributed by atoms with van der Waals surface area (Å²) >= 11 is 0. The van der Waals surface area contributed by atoms with Gasteiger partial charge in [0.1, 0.15) is 11.5 Å². The normalized spacial score (nSPS) is 22.0. The van der Waals surface area contributed by atoms with Crippen LogP contribution in [0.2, 0.25) is 0 Å². The first-order valence-corrected chi connectivity index (χ1v) is 16.0. The Hall–Kier alpha value is -3.31. The second-order valence-corrected chi connectivity index (χ2v) is 12.6. The zero-order valence-corrected chi connectivity index (χ0v) is 26.9. The van der Waals surface area contributed by atoms with Gasteiger partial charge in [-0.2, -0.15) is 0 Å². The number of Topliss-reactive ketones (excluding diaryl/α,β-unsaturated/α-hetero) is 2. The Morgan fingerprint density at radius 2 is 1.73 bits per heavy atom. The van der Waals surface area contributed by atoms with Crippen molar-refractivity contribution in [2.45, 2.75) is 90.6 Å². The molecule has 0 spiro atoms. The Morgan fingerprint density at radius 1 is 1.11 bits per heavy atom. The highest BCUT2D eigenvalue weighted by atomic mass is 16.3. The van der Waals surface area contributed by atoms with Gasteiger partial charge in [0.25, 0.3) is 0 Å². The molecule has 5 N–H and O–H groups in total. The minimum atomic E-state index is -2.53. The molecule has 0 aliphatic heterocycles. The van der Waals surface area contributed by atoms with Gasteiger partial charge in [-0.15, -0.1) is 4.91 Å². The maximum atomic E-state index is 14.2. The number of aromatic hydroxyl groups is 1. The predicted octanol–water partition coefficient (Wildman–Crippen LogP) is 4.25. The topological polar surface area (TPSA) is 174 Å². The van der Waals surface area contributed by atoms with E-state index in [0.29, 0.717) is 17.7 Å². The van der Waals surface area contributed by atoms with E-state index in [1.807, 2.05) is 25.1 Å². The van der Waals surface area contributed by atoms with E-state index < -0.39 is 53.1 Å². The number of rotatable bonds is 17. The smallest absolute Gasteiger partial charge is 0.227 e. The molecule has 1 amide bonds. The third-order valence-electron chi connectivity index (χ3n) is 9.41. The van der Waals surface area contributed by atoms with Crippen molar-refractivity contribution in [3.63, 3.8) is 0 Å². The van der Waals surface area contributed by atoms with Crippen LogP contribution < -0.4 is 10.6 Å². The molecule has 0 bridgehead atoms. The highest BCUT2D eigenvalue weighted by molar-refractivity contribution is 6.25. The number of carbonyl (C=O) groups excluding carboxylic acids is 3. The Balaban J connectivity index is 2.19. The van der Waals surface area contributed by atoms with E-state index in [1.165, 1.54) is 6.92 Å². The Kier molecular flexibility index (Phi) is 12.1. The van der Waals surface area contributed by atoms with Crippen LogP contribution in [-0.2, 0) is 27.3 Å². The van der Waals surface area contributed by atoms with E-state index in [2.05, 4.69) is 23.9 Å². The minimum Gasteiger partial charge on any atom is -0.507 e. The number of carbonyl (C=O) groups is 3. The van der Waals surface area contributed by atoms with Crippen LogP contribution >= 0.6 is 0 Å². The number of ketones is 2.